The van der Waals surface area contributed by atoms with Crippen molar-refractivity contribution in [3.05, 3.63) is 0 Å². The van der Waals surface area contributed by atoms with E-state index < -0.39 is 0 Å². The third-order valence-corrected chi connectivity index (χ3v) is 0. The Hall–Kier alpha value is -1.55. The predicted octanol–water partition coefficient (Wildman–Crippen LogP) is 0.551. The lowest BCUT2D eigenvalue weighted by Gasteiger charge is -1.60. The molecular weight excluding hydrogens is 130 g/mol. The van der Waals surface area contributed by atoms with E-state index in [1.54, 1.807) is 12.1 Å². The molecule has 0 unspecified atom stereocenters. The number of primary amides is 1. The minimum Gasteiger partial charge on any atom is -0.370 e. The van der Waals surface area contributed by atoms with E-state index in [2.05, 4.69) is 5.73 Å². The van der Waals surface area contributed by atoms with Crippen LogP contribution in [-0.4, -0.2) is 5.91 Å². The Morgan fingerprint density at radius 3 is 1.30 bits per heavy atom. The molecule has 0 spiro atoms. The highest BCUT2D eigenvalue weighted by Gasteiger charge is 1.61. The summed E-state index contributed by atoms with van der Waals surface area (Å²) in [6, 6.07) is 3.50. The van der Waals surface area contributed by atoms with E-state index in [0.29, 0.717) is 0 Å². The smallest absolute Gasteiger partial charge is 0.214 e. The number of carbonyl (C=O) groups excluding carboxylic acids is 1. The van der Waals surface area contributed by atoms with Crippen molar-refractivity contribution < 1.29 is 4.79 Å². The number of nitrogens with zero attached hydrogens (tertiary/aromatic N) is 2. The van der Waals surface area contributed by atoms with Crippen molar-refractivity contribution in [3.8, 4) is 12.1 Å². The van der Waals surface area contributed by atoms with Gasteiger partial charge in [0.05, 0.1) is 12.1 Å². The number of amides is 1. The van der Waals surface area contributed by atoms with Gasteiger partial charge in [-0.1, -0.05) is 0 Å². The number of nitrogens with two attached hydrogens (primary N) is 1. The molecule has 56 valence electrons. The number of carbonyl (C=O) groups is 1. The maximum Gasteiger partial charge on any atom is 0.214 e. The first-order valence-electron chi connectivity index (χ1n) is 2.44. The summed E-state index contributed by atoms with van der Waals surface area (Å²) in [5.74, 6) is -0.333. The van der Waals surface area contributed by atoms with E-state index in [1.165, 1.54) is 20.8 Å². The predicted molar refractivity (Wildman–Crippen MR) is 37.4 cm³/mol. The zero-order valence-electron chi connectivity index (χ0n) is 6.38. The molecule has 0 heterocycles. The monoisotopic (exact) mass is 141 g/mol. The molecule has 2 N–H and O–H groups in total. The highest BCUT2D eigenvalue weighted by molar-refractivity contribution is 5.70. The zero-order valence-corrected chi connectivity index (χ0v) is 6.38. The molecule has 0 fully saturated rings. The highest BCUT2D eigenvalue weighted by atomic mass is 16.1. The summed E-state index contributed by atoms with van der Waals surface area (Å²) in [5, 5.41) is 14.6. The molecule has 0 aliphatic carbocycles. The Morgan fingerprint density at radius 1 is 1.30 bits per heavy atom. The van der Waals surface area contributed by atoms with Crippen LogP contribution < -0.4 is 5.73 Å². The quantitative estimate of drug-likeness (QED) is 0.534. The second-order valence-electron chi connectivity index (χ2n) is 1.06. The molecule has 0 saturated carbocycles. The first-order chi connectivity index (χ1) is 4.56. The molecule has 4 nitrogen and oxygen atoms in total. The van der Waals surface area contributed by atoms with Crippen molar-refractivity contribution in [1.29, 1.82) is 10.5 Å². The molecule has 0 saturated heterocycles. The molecule has 0 aromatic carbocycles. The van der Waals surface area contributed by atoms with Crippen LogP contribution in [0, 0.1) is 22.7 Å². The molecule has 4 heteroatoms. The van der Waals surface area contributed by atoms with Gasteiger partial charge in [0, 0.05) is 20.8 Å². The normalized spacial score (nSPS) is 4.10. The van der Waals surface area contributed by atoms with E-state index in [-0.39, 0.29) is 5.91 Å². The fraction of sp³-hybridized carbons (Fsp3) is 0.500. The van der Waals surface area contributed by atoms with Gasteiger partial charge in [-0.3, -0.25) is 4.79 Å². The summed E-state index contributed by atoms with van der Waals surface area (Å²) in [5.41, 5.74) is 4.47. The number of nitriles is 2. The van der Waals surface area contributed by atoms with Crippen LogP contribution in [-0.2, 0) is 4.79 Å². The molecule has 0 aromatic heterocycles. The van der Waals surface area contributed by atoms with Crippen LogP contribution in [0.1, 0.15) is 20.8 Å². The number of rotatable bonds is 0. The lowest BCUT2D eigenvalue weighted by Crippen LogP contribution is -2.01. The third kappa shape index (κ3) is 79.7. The van der Waals surface area contributed by atoms with Crippen LogP contribution >= 0.6 is 0 Å². The van der Waals surface area contributed by atoms with Crippen LogP contribution in [0.25, 0.3) is 0 Å². The number of hydrogen-bond donors (Lipinski definition) is 1. The molecule has 0 aromatic rings. The van der Waals surface area contributed by atoms with Gasteiger partial charge in [0.1, 0.15) is 0 Å². The number of hydrogen-bond acceptors (Lipinski definition) is 3. The fourth-order valence-corrected chi connectivity index (χ4v) is 0. The van der Waals surface area contributed by atoms with Crippen molar-refractivity contribution in [2.75, 3.05) is 0 Å². The molecule has 0 rings (SSSR count). The molecule has 10 heavy (non-hydrogen) atoms. The van der Waals surface area contributed by atoms with Gasteiger partial charge in [0.2, 0.25) is 5.91 Å². The Labute approximate surface area is 60.9 Å². The zero-order chi connectivity index (χ0) is 8.99. The molecule has 0 atom stereocenters. The van der Waals surface area contributed by atoms with Crippen LogP contribution in [0.3, 0.4) is 0 Å². The fourth-order valence-electron chi connectivity index (χ4n) is 0. The van der Waals surface area contributed by atoms with Crippen molar-refractivity contribution in [3.63, 3.8) is 0 Å². The second-order valence-corrected chi connectivity index (χ2v) is 1.06. The van der Waals surface area contributed by atoms with Crippen molar-refractivity contribution in [2.24, 2.45) is 5.73 Å². The summed E-state index contributed by atoms with van der Waals surface area (Å²) in [7, 11) is 0. The summed E-state index contributed by atoms with van der Waals surface area (Å²) in [6.07, 6.45) is 0. The highest BCUT2D eigenvalue weighted by Crippen LogP contribution is 1.33. The van der Waals surface area contributed by atoms with Gasteiger partial charge in [-0.05, 0) is 0 Å². The van der Waals surface area contributed by atoms with E-state index in [0.717, 1.165) is 0 Å². The molecular formula is C6H11N3O. The Morgan fingerprint density at radius 2 is 1.30 bits per heavy atom. The van der Waals surface area contributed by atoms with Gasteiger partial charge in [-0.2, -0.15) is 10.5 Å². The van der Waals surface area contributed by atoms with Gasteiger partial charge < -0.3 is 5.73 Å². The summed E-state index contributed by atoms with van der Waals surface area (Å²) in [6.45, 7) is 4.17. The standard InChI is InChI=1S/C2H5NO.2C2H3N/c1-2(3)4;2*1-2-3/h1H3,(H2,3,4);2*1H3. The van der Waals surface area contributed by atoms with E-state index in [9.17, 15) is 4.79 Å². The molecule has 1 amide bonds. The van der Waals surface area contributed by atoms with Gasteiger partial charge in [0.15, 0.2) is 0 Å². The molecule has 0 aliphatic heterocycles. The summed E-state index contributed by atoms with van der Waals surface area (Å²) >= 11 is 0. The van der Waals surface area contributed by atoms with Gasteiger partial charge >= 0.3 is 0 Å². The van der Waals surface area contributed by atoms with Gasteiger partial charge in [-0.25, -0.2) is 0 Å². The van der Waals surface area contributed by atoms with Crippen molar-refractivity contribution in [2.45, 2.75) is 20.8 Å². The minimum atomic E-state index is -0.333. The Balaban J connectivity index is -0.0000000750. The van der Waals surface area contributed by atoms with Crippen LogP contribution in [0.15, 0.2) is 0 Å². The second kappa shape index (κ2) is 26.0. The SMILES string of the molecule is CC#N.CC#N.CC(N)=O. The lowest BCUT2D eigenvalue weighted by atomic mass is 10.8. The van der Waals surface area contributed by atoms with Crippen LogP contribution in [0.2, 0.25) is 0 Å². The minimum absolute atomic E-state index is 0.333. The maximum atomic E-state index is 9.22. The van der Waals surface area contributed by atoms with Gasteiger partial charge in [-0.15, -0.1) is 0 Å². The summed E-state index contributed by atoms with van der Waals surface area (Å²) < 4.78 is 0. The Bertz CT molecular complexity index is 124. The molecule has 0 bridgehead atoms. The van der Waals surface area contributed by atoms with Crippen LogP contribution in [0.4, 0.5) is 0 Å². The van der Waals surface area contributed by atoms with E-state index in [1.807, 2.05) is 0 Å². The third-order valence-electron chi connectivity index (χ3n) is 0. The van der Waals surface area contributed by atoms with E-state index >= 15 is 0 Å². The largest absolute Gasteiger partial charge is 0.370 e. The van der Waals surface area contributed by atoms with E-state index in [4.69, 9.17) is 10.5 Å². The topological polar surface area (TPSA) is 90.7 Å². The molecule has 0 aliphatic rings. The molecule has 0 radical (unpaired) electrons. The maximum absolute atomic E-state index is 9.22. The van der Waals surface area contributed by atoms with Crippen LogP contribution in [0.5, 0.6) is 0 Å². The first-order valence-corrected chi connectivity index (χ1v) is 2.44. The van der Waals surface area contributed by atoms with Crippen molar-refractivity contribution in [1.82, 2.24) is 0 Å². The first kappa shape index (κ1) is 15.8. The van der Waals surface area contributed by atoms with Gasteiger partial charge in [0.25, 0.3) is 0 Å². The van der Waals surface area contributed by atoms with Crippen molar-refractivity contribution >= 4 is 5.91 Å². The summed E-state index contributed by atoms with van der Waals surface area (Å²) in [4.78, 5) is 9.22. The Kier molecular flexibility index (Phi) is 41.1. The average molecular weight is 141 g/mol. The average Bonchev–Trinajstić information content (AvgIpc) is 1.65. The lowest BCUT2D eigenvalue weighted by molar-refractivity contribution is -0.115.